The minimum atomic E-state index is -0.0480. The maximum absolute atomic E-state index is 11.3. The molecule has 0 fully saturated rings. The molecule has 0 aromatic heterocycles. The fourth-order valence-electron chi connectivity index (χ4n) is 2.54. The maximum Gasteiger partial charge on any atom is 0.221 e. The Morgan fingerprint density at radius 1 is 1.35 bits per heavy atom. The van der Waals surface area contributed by atoms with Crippen LogP contribution >= 0.6 is 0 Å². The SMILES string of the molecule is COc1ccc(NC(C)=O)c(C2=CCC(C)(C)CC2)c1. The molecule has 0 saturated carbocycles. The van der Waals surface area contributed by atoms with Gasteiger partial charge in [0.1, 0.15) is 5.75 Å². The molecular formula is C17H23NO2. The zero-order chi connectivity index (χ0) is 14.8. The van der Waals surface area contributed by atoms with Crippen LogP contribution in [0.25, 0.3) is 5.57 Å². The number of carbonyl (C=O) groups excluding carboxylic acids is 1. The van der Waals surface area contributed by atoms with Crippen molar-refractivity contribution in [2.24, 2.45) is 5.41 Å². The summed E-state index contributed by atoms with van der Waals surface area (Å²) in [5, 5.41) is 2.91. The molecule has 1 N–H and O–H groups in total. The highest BCUT2D eigenvalue weighted by atomic mass is 16.5. The summed E-state index contributed by atoms with van der Waals surface area (Å²) in [5.74, 6) is 0.771. The van der Waals surface area contributed by atoms with Crippen LogP contribution in [-0.2, 0) is 4.79 Å². The molecule has 0 saturated heterocycles. The summed E-state index contributed by atoms with van der Waals surface area (Å²) in [5.41, 5.74) is 3.61. The third-order valence-corrected chi connectivity index (χ3v) is 3.86. The number of nitrogens with one attached hydrogen (secondary N) is 1. The van der Waals surface area contributed by atoms with Gasteiger partial charge in [0.05, 0.1) is 7.11 Å². The van der Waals surface area contributed by atoms with E-state index in [1.54, 1.807) is 7.11 Å². The summed E-state index contributed by atoms with van der Waals surface area (Å²) in [6.07, 6.45) is 5.56. The zero-order valence-electron chi connectivity index (χ0n) is 12.7. The van der Waals surface area contributed by atoms with Gasteiger partial charge < -0.3 is 10.1 Å². The number of hydrogen-bond acceptors (Lipinski definition) is 2. The van der Waals surface area contributed by atoms with E-state index in [0.29, 0.717) is 5.41 Å². The lowest BCUT2D eigenvalue weighted by atomic mass is 9.77. The number of carbonyl (C=O) groups is 1. The molecular weight excluding hydrogens is 250 g/mol. The van der Waals surface area contributed by atoms with Crippen LogP contribution in [0.2, 0.25) is 0 Å². The Hall–Kier alpha value is -1.77. The molecule has 0 radical (unpaired) electrons. The van der Waals surface area contributed by atoms with Gasteiger partial charge in [-0.05, 0) is 48.4 Å². The first-order valence-electron chi connectivity index (χ1n) is 7.06. The van der Waals surface area contributed by atoms with Crippen molar-refractivity contribution in [3.8, 4) is 5.75 Å². The number of amides is 1. The van der Waals surface area contributed by atoms with Crippen molar-refractivity contribution in [3.05, 3.63) is 29.8 Å². The van der Waals surface area contributed by atoms with Crippen LogP contribution in [0.4, 0.5) is 5.69 Å². The van der Waals surface area contributed by atoms with Gasteiger partial charge >= 0.3 is 0 Å². The third-order valence-electron chi connectivity index (χ3n) is 3.86. The van der Waals surface area contributed by atoms with Crippen molar-refractivity contribution in [2.45, 2.75) is 40.0 Å². The van der Waals surface area contributed by atoms with Crippen molar-refractivity contribution in [3.63, 3.8) is 0 Å². The summed E-state index contributed by atoms with van der Waals surface area (Å²) in [6, 6.07) is 5.80. The largest absolute Gasteiger partial charge is 0.497 e. The van der Waals surface area contributed by atoms with Gasteiger partial charge in [-0.2, -0.15) is 0 Å². The highest BCUT2D eigenvalue weighted by Gasteiger charge is 2.23. The van der Waals surface area contributed by atoms with Crippen LogP contribution in [0.1, 0.15) is 45.6 Å². The molecule has 2 rings (SSSR count). The van der Waals surface area contributed by atoms with Crippen molar-refractivity contribution in [2.75, 3.05) is 12.4 Å². The normalized spacial score (nSPS) is 17.3. The average molecular weight is 273 g/mol. The molecule has 0 aliphatic heterocycles. The highest BCUT2D eigenvalue weighted by molar-refractivity contribution is 5.93. The fourth-order valence-corrected chi connectivity index (χ4v) is 2.54. The van der Waals surface area contributed by atoms with E-state index >= 15 is 0 Å². The highest BCUT2D eigenvalue weighted by Crippen LogP contribution is 2.40. The first kappa shape index (κ1) is 14.6. The molecule has 1 amide bonds. The van der Waals surface area contributed by atoms with Gasteiger partial charge in [0.15, 0.2) is 0 Å². The van der Waals surface area contributed by atoms with Crippen LogP contribution in [0.15, 0.2) is 24.3 Å². The van der Waals surface area contributed by atoms with E-state index < -0.39 is 0 Å². The van der Waals surface area contributed by atoms with E-state index in [2.05, 4.69) is 25.2 Å². The van der Waals surface area contributed by atoms with Gasteiger partial charge in [-0.1, -0.05) is 19.9 Å². The molecule has 0 unspecified atom stereocenters. The first-order chi connectivity index (χ1) is 9.41. The molecule has 1 aromatic rings. The number of allylic oxidation sites excluding steroid dienone is 2. The Balaban J connectivity index is 2.37. The Bertz CT molecular complexity index is 544. The molecule has 108 valence electrons. The van der Waals surface area contributed by atoms with Gasteiger partial charge in [0.2, 0.25) is 5.91 Å². The summed E-state index contributed by atoms with van der Waals surface area (Å²) in [6.45, 7) is 6.12. The second-order valence-corrected chi connectivity index (χ2v) is 6.19. The summed E-state index contributed by atoms with van der Waals surface area (Å²) < 4.78 is 5.31. The molecule has 1 aromatic carbocycles. The molecule has 0 heterocycles. The van der Waals surface area contributed by atoms with Gasteiger partial charge in [-0.3, -0.25) is 4.79 Å². The Morgan fingerprint density at radius 3 is 2.65 bits per heavy atom. The average Bonchev–Trinajstić information content (AvgIpc) is 2.39. The van der Waals surface area contributed by atoms with Gasteiger partial charge in [-0.15, -0.1) is 0 Å². The molecule has 0 spiro atoms. The van der Waals surface area contributed by atoms with E-state index in [4.69, 9.17) is 4.74 Å². The second kappa shape index (κ2) is 5.70. The van der Waals surface area contributed by atoms with Crippen LogP contribution in [0.3, 0.4) is 0 Å². The van der Waals surface area contributed by atoms with E-state index in [1.165, 1.54) is 12.5 Å². The molecule has 0 bridgehead atoms. The molecule has 3 heteroatoms. The molecule has 0 atom stereocenters. The van der Waals surface area contributed by atoms with Crippen LogP contribution in [-0.4, -0.2) is 13.0 Å². The van der Waals surface area contributed by atoms with Crippen molar-refractivity contribution in [1.29, 1.82) is 0 Å². The van der Waals surface area contributed by atoms with E-state index in [1.807, 2.05) is 18.2 Å². The monoisotopic (exact) mass is 273 g/mol. The molecule has 1 aliphatic carbocycles. The van der Waals surface area contributed by atoms with E-state index in [9.17, 15) is 4.79 Å². The Kier molecular flexibility index (Phi) is 4.17. The lowest BCUT2D eigenvalue weighted by Gasteiger charge is -2.29. The summed E-state index contributed by atoms with van der Waals surface area (Å²) in [7, 11) is 1.66. The minimum absolute atomic E-state index is 0.0480. The first-order valence-corrected chi connectivity index (χ1v) is 7.06. The lowest BCUT2D eigenvalue weighted by molar-refractivity contribution is -0.114. The number of anilines is 1. The molecule has 1 aliphatic rings. The predicted molar refractivity (Wildman–Crippen MR) is 82.9 cm³/mol. The Morgan fingerprint density at radius 2 is 2.10 bits per heavy atom. The number of benzene rings is 1. The lowest BCUT2D eigenvalue weighted by Crippen LogP contribution is -2.15. The number of rotatable bonds is 3. The van der Waals surface area contributed by atoms with Crippen LogP contribution in [0.5, 0.6) is 5.75 Å². The number of methoxy groups -OCH3 is 1. The van der Waals surface area contributed by atoms with E-state index in [0.717, 1.165) is 36.3 Å². The van der Waals surface area contributed by atoms with Gasteiger partial charge in [0.25, 0.3) is 0 Å². The topological polar surface area (TPSA) is 38.3 Å². The zero-order valence-corrected chi connectivity index (χ0v) is 12.7. The number of hydrogen-bond donors (Lipinski definition) is 1. The fraction of sp³-hybridized carbons (Fsp3) is 0.471. The maximum atomic E-state index is 11.3. The standard InChI is InChI=1S/C17H23NO2/c1-12(19)18-16-6-5-14(20-4)11-15(16)13-7-9-17(2,3)10-8-13/h5-7,11H,8-10H2,1-4H3,(H,18,19). The molecule has 3 nitrogen and oxygen atoms in total. The molecule has 20 heavy (non-hydrogen) atoms. The van der Waals surface area contributed by atoms with Gasteiger partial charge in [0, 0.05) is 18.2 Å². The van der Waals surface area contributed by atoms with Crippen molar-refractivity contribution < 1.29 is 9.53 Å². The van der Waals surface area contributed by atoms with Crippen molar-refractivity contribution >= 4 is 17.2 Å². The quantitative estimate of drug-likeness (QED) is 0.894. The van der Waals surface area contributed by atoms with Crippen molar-refractivity contribution in [1.82, 2.24) is 0 Å². The third kappa shape index (κ3) is 3.41. The second-order valence-electron chi connectivity index (χ2n) is 6.19. The van der Waals surface area contributed by atoms with E-state index in [-0.39, 0.29) is 5.91 Å². The summed E-state index contributed by atoms with van der Waals surface area (Å²) >= 11 is 0. The predicted octanol–water partition coefficient (Wildman–Crippen LogP) is 4.25. The van der Waals surface area contributed by atoms with Crippen LogP contribution in [0, 0.1) is 5.41 Å². The minimum Gasteiger partial charge on any atom is -0.497 e. The number of ether oxygens (including phenoxy) is 1. The Labute approximate surface area is 121 Å². The summed E-state index contributed by atoms with van der Waals surface area (Å²) in [4.78, 5) is 11.3. The van der Waals surface area contributed by atoms with Gasteiger partial charge in [-0.25, -0.2) is 0 Å². The smallest absolute Gasteiger partial charge is 0.221 e. The van der Waals surface area contributed by atoms with Crippen LogP contribution < -0.4 is 10.1 Å².